The topological polar surface area (TPSA) is 101 Å². The maximum Gasteiger partial charge on any atom is 0.270 e. The van der Waals surface area contributed by atoms with E-state index < -0.39 is 20.9 Å². The molecule has 0 aliphatic carbocycles. The zero-order valence-corrected chi connectivity index (χ0v) is 12.3. The zero-order valence-electron chi connectivity index (χ0n) is 11.5. The SMILES string of the molecule is CN(C)C(=O)c1ccc([N+](=O)[O-])cc1S(=O)(=O)N(C)C. The number of nitro benzene ring substituents is 1. The highest BCUT2D eigenvalue weighted by Gasteiger charge is 2.27. The second-order valence-corrected chi connectivity index (χ2v) is 6.54. The third kappa shape index (κ3) is 2.94. The van der Waals surface area contributed by atoms with Gasteiger partial charge in [-0.3, -0.25) is 14.9 Å². The van der Waals surface area contributed by atoms with E-state index in [2.05, 4.69) is 0 Å². The van der Waals surface area contributed by atoms with Crippen molar-refractivity contribution in [3.8, 4) is 0 Å². The number of hydrogen-bond donors (Lipinski definition) is 0. The van der Waals surface area contributed by atoms with Crippen molar-refractivity contribution in [2.24, 2.45) is 0 Å². The van der Waals surface area contributed by atoms with E-state index in [9.17, 15) is 23.3 Å². The van der Waals surface area contributed by atoms with Gasteiger partial charge in [-0.05, 0) is 6.07 Å². The number of non-ortho nitro benzene ring substituents is 1. The standard InChI is InChI=1S/C11H15N3O5S/c1-12(2)11(15)9-6-5-8(14(16)17)7-10(9)20(18,19)13(3)4/h5-7H,1-4H3. The Labute approximate surface area is 116 Å². The van der Waals surface area contributed by atoms with Crippen LogP contribution < -0.4 is 0 Å². The minimum Gasteiger partial charge on any atom is -0.345 e. The van der Waals surface area contributed by atoms with Crippen LogP contribution in [0.25, 0.3) is 0 Å². The minimum atomic E-state index is -3.96. The average Bonchev–Trinajstić information content (AvgIpc) is 2.36. The Morgan fingerprint density at radius 2 is 1.75 bits per heavy atom. The van der Waals surface area contributed by atoms with Gasteiger partial charge in [0.05, 0.1) is 10.5 Å². The summed E-state index contributed by atoms with van der Waals surface area (Å²) in [5.74, 6) is -0.541. The van der Waals surface area contributed by atoms with Crippen molar-refractivity contribution in [2.75, 3.05) is 28.2 Å². The summed E-state index contributed by atoms with van der Waals surface area (Å²) in [6, 6.07) is 3.15. The van der Waals surface area contributed by atoms with Crippen LogP contribution in [0.4, 0.5) is 5.69 Å². The maximum atomic E-state index is 12.2. The van der Waals surface area contributed by atoms with Gasteiger partial charge in [-0.2, -0.15) is 0 Å². The molecule has 0 unspecified atom stereocenters. The molecule has 1 aromatic rings. The van der Waals surface area contributed by atoms with Gasteiger partial charge in [0.15, 0.2) is 0 Å². The lowest BCUT2D eigenvalue weighted by atomic mass is 10.2. The van der Waals surface area contributed by atoms with E-state index in [0.29, 0.717) is 0 Å². The van der Waals surface area contributed by atoms with Crippen molar-refractivity contribution in [3.05, 3.63) is 33.9 Å². The number of benzene rings is 1. The highest BCUT2D eigenvalue weighted by Crippen LogP contribution is 2.25. The van der Waals surface area contributed by atoms with Crippen LogP contribution in [0.3, 0.4) is 0 Å². The van der Waals surface area contributed by atoms with E-state index in [1.54, 1.807) is 0 Å². The molecule has 0 aliphatic heterocycles. The van der Waals surface area contributed by atoms with Crippen LogP contribution in [0.1, 0.15) is 10.4 Å². The second-order valence-electron chi connectivity index (χ2n) is 4.42. The first-order valence-corrected chi connectivity index (χ1v) is 6.95. The van der Waals surface area contributed by atoms with Crippen molar-refractivity contribution < 1.29 is 18.1 Å². The molecule has 0 bridgehead atoms. The molecular formula is C11H15N3O5S. The van der Waals surface area contributed by atoms with Crippen LogP contribution in [0.2, 0.25) is 0 Å². The van der Waals surface area contributed by atoms with Crippen LogP contribution in [0.15, 0.2) is 23.1 Å². The molecule has 110 valence electrons. The van der Waals surface area contributed by atoms with Crippen LogP contribution >= 0.6 is 0 Å². The van der Waals surface area contributed by atoms with Gasteiger partial charge in [0.25, 0.3) is 11.6 Å². The van der Waals surface area contributed by atoms with Gasteiger partial charge >= 0.3 is 0 Å². The molecule has 0 aromatic heterocycles. The summed E-state index contributed by atoms with van der Waals surface area (Å²) in [5, 5.41) is 10.8. The summed E-state index contributed by atoms with van der Waals surface area (Å²) in [6.45, 7) is 0. The summed E-state index contributed by atoms with van der Waals surface area (Å²) in [5.41, 5.74) is -0.491. The Bertz CT molecular complexity index is 652. The molecule has 0 N–H and O–H groups in total. The molecule has 20 heavy (non-hydrogen) atoms. The monoisotopic (exact) mass is 301 g/mol. The van der Waals surface area contributed by atoms with E-state index in [-0.39, 0.29) is 16.1 Å². The zero-order chi connectivity index (χ0) is 15.7. The minimum absolute atomic E-state index is 0.102. The van der Waals surface area contributed by atoms with E-state index in [1.807, 2.05) is 0 Å². The van der Waals surface area contributed by atoms with Gasteiger partial charge in [0.2, 0.25) is 10.0 Å². The predicted molar refractivity (Wildman–Crippen MR) is 72.0 cm³/mol. The van der Waals surface area contributed by atoms with Crippen LogP contribution in [0, 0.1) is 10.1 Å². The van der Waals surface area contributed by atoms with Crippen molar-refractivity contribution >= 4 is 21.6 Å². The summed E-state index contributed by atoms with van der Waals surface area (Å²) in [4.78, 5) is 22.9. The molecule has 1 aromatic carbocycles. The molecule has 0 saturated carbocycles. The predicted octanol–water partition coefficient (Wildman–Crippen LogP) is 0.547. The number of amides is 1. The summed E-state index contributed by atoms with van der Waals surface area (Å²) < 4.78 is 25.3. The fourth-order valence-electron chi connectivity index (χ4n) is 1.45. The molecule has 0 fully saturated rings. The molecule has 9 heteroatoms. The van der Waals surface area contributed by atoms with E-state index in [0.717, 1.165) is 22.5 Å². The number of sulfonamides is 1. The third-order valence-corrected chi connectivity index (χ3v) is 4.43. The third-order valence-electron chi connectivity index (χ3n) is 2.57. The van der Waals surface area contributed by atoms with Gasteiger partial charge < -0.3 is 4.90 Å². The van der Waals surface area contributed by atoms with Gasteiger partial charge in [-0.15, -0.1) is 0 Å². The van der Waals surface area contributed by atoms with Crippen LogP contribution in [-0.2, 0) is 10.0 Å². The Hall–Kier alpha value is -2.00. The van der Waals surface area contributed by atoms with E-state index in [1.165, 1.54) is 33.1 Å². The quantitative estimate of drug-likeness (QED) is 0.597. The van der Waals surface area contributed by atoms with Crippen molar-refractivity contribution in [1.82, 2.24) is 9.21 Å². The summed E-state index contributed by atoms with van der Waals surface area (Å²) in [6.07, 6.45) is 0. The Morgan fingerprint density at radius 3 is 2.15 bits per heavy atom. The number of nitro groups is 1. The Kier molecular flexibility index (Phi) is 4.46. The van der Waals surface area contributed by atoms with Crippen molar-refractivity contribution in [2.45, 2.75) is 4.90 Å². The molecule has 8 nitrogen and oxygen atoms in total. The lowest BCUT2D eigenvalue weighted by molar-refractivity contribution is -0.385. The normalized spacial score (nSPS) is 11.4. The highest BCUT2D eigenvalue weighted by molar-refractivity contribution is 7.89. The molecule has 1 rings (SSSR count). The molecule has 0 heterocycles. The second kappa shape index (κ2) is 5.55. The highest BCUT2D eigenvalue weighted by atomic mass is 32.2. The molecule has 0 aliphatic rings. The number of hydrogen-bond acceptors (Lipinski definition) is 5. The van der Waals surface area contributed by atoms with E-state index >= 15 is 0 Å². The number of carbonyl (C=O) groups is 1. The number of rotatable bonds is 4. The van der Waals surface area contributed by atoms with E-state index in [4.69, 9.17) is 0 Å². The fraction of sp³-hybridized carbons (Fsp3) is 0.364. The molecule has 0 radical (unpaired) electrons. The molecule has 0 saturated heterocycles. The lowest BCUT2D eigenvalue weighted by Crippen LogP contribution is -2.28. The first-order chi connectivity index (χ1) is 9.09. The average molecular weight is 301 g/mol. The lowest BCUT2D eigenvalue weighted by Gasteiger charge is -2.17. The largest absolute Gasteiger partial charge is 0.345 e. The first kappa shape index (κ1) is 16.1. The van der Waals surface area contributed by atoms with Gasteiger partial charge in [0.1, 0.15) is 4.90 Å². The van der Waals surface area contributed by atoms with Crippen molar-refractivity contribution in [1.29, 1.82) is 0 Å². The van der Waals surface area contributed by atoms with Gasteiger partial charge in [0, 0.05) is 40.3 Å². The van der Waals surface area contributed by atoms with Crippen molar-refractivity contribution in [3.63, 3.8) is 0 Å². The van der Waals surface area contributed by atoms with Gasteiger partial charge in [-0.25, -0.2) is 12.7 Å². The van der Waals surface area contributed by atoms with Gasteiger partial charge in [-0.1, -0.05) is 0 Å². The van der Waals surface area contributed by atoms with Crippen LogP contribution in [-0.4, -0.2) is 56.6 Å². The maximum absolute atomic E-state index is 12.2. The molecule has 1 amide bonds. The smallest absolute Gasteiger partial charge is 0.270 e. The molecule has 0 spiro atoms. The number of nitrogens with zero attached hydrogens (tertiary/aromatic N) is 3. The number of carbonyl (C=O) groups excluding carboxylic acids is 1. The summed E-state index contributed by atoms with van der Waals surface area (Å²) in [7, 11) is 1.55. The molecular weight excluding hydrogens is 286 g/mol. The fourth-order valence-corrected chi connectivity index (χ4v) is 2.55. The van der Waals surface area contributed by atoms with Crippen LogP contribution in [0.5, 0.6) is 0 Å². The Balaban J connectivity index is 3.63. The summed E-state index contributed by atoms with van der Waals surface area (Å²) >= 11 is 0. The first-order valence-electron chi connectivity index (χ1n) is 5.51. The Morgan fingerprint density at radius 1 is 1.20 bits per heavy atom. The molecule has 0 atom stereocenters.